The third kappa shape index (κ3) is 8.11. The van der Waals surface area contributed by atoms with Gasteiger partial charge in [-0.1, -0.05) is 0 Å². The minimum Gasteiger partial charge on any atom is -0.487 e. The van der Waals surface area contributed by atoms with E-state index in [1.165, 1.54) is 21.0 Å². The second kappa shape index (κ2) is 13.0. The van der Waals surface area contributed by atoms with Crippen molar-refractivity contribution in [3.63, 3.8) is 0 Å². The number of benzene rings is 1. The molecule has 0 bridgehead atoms. The second-order valence-corrected chi connectivity index (χ2v) is 5.91. The van der Waals surface area contributed by atoms with Gasteiger partial charge in [-0.2, -0.15) is 0 Å². The molecular formula is C19H30N6O4. The van der Waals surface area contributed by atoms with Gasteiger partial charge in [0.1, 0.15) is 29.9 Å². The van der Waals surface area contributed by atoms with Crippen LogP contribution in [0.5, 0.6) is 5.75 Å². The van der Waals surface area contributed by atoms with Gasteiger partial charge in [-0.15, -0.1) is 0 Å². The highest BCUT2D eigenvalue weighted by Crippen LogP contribution is 2.21. The smallest absolute Gasteiger partial charge is 0.270 e. The van der Waals surface area contributed by atoms with Gasteiger partial charge < -0.3 is 37.2 Å². The van der Waals surface area contributed by atoms with Crippen molar-refractivity contribution >= 4 is 29.8 Å². The number of hydrogen-bond donors (Lipinski definition) is 5. The number of aliphatic hydroxyl groups excluding tert-OH is 1. The summed E-state index contributed by atoms with van der Waals surface area (Å²) in [6, 6.07) is 4.76. The lowest BCUT2D eigenvalue weighted by atomic mass is 10.0. The predicted molar refractivity (Wildman–Crippen MR) is 115 cm³/mol. The number of aliphatic imine (C=N–C) groups is 2. The molecule has 0 saturated heterocycles. The molecule has 0 heterocycles. The Hall–Kier alpha value is -3.24. The number of carbonyl (C=O) groups excluding carboxylic acids is 2. The van der Waals surface area contributed by atoms with E-state index in [4.69, 9.17) is 16.2 Å². The molecule has 1 unspecified atom stereocenters. The highest BCUT2D eigenvalue weighted by molar-refractivity contribution is 6.46. The van der Waals surface area contributed by atoms with Crippen LogP contribution in [0.15, 0.2) is 40.0 Å². The number of anilines is 1. The molecule has 0 aliphatic carbocycles. The summed E-state index contributed by atoms with van der Waals surface area (Å²) in [5, 5.41) is 11.7. The number of nitrogen functional groups attached to an aromatic ring is 1. The molecule has 160 valence electrons. The van der Waals surface area contributed by atoms with E-state index < -0.39 is 18.1 Å². The quantitative estimate of drug-likeness (QED) is 0.203. The van der Waals surface area contributed by atoms with Crippen molar-refractivity contribution in [2.75, 3.05) is 40.1 Å². The maximum absolute atomic E-state index is 12.5. The first kappa shape index (κ1) is 25.8. The third-order valence-electron chi connectivity index (χ3n) is 3.55. The van der Waals surface area contributed by atoms with Crippen LogP contribution in [0.2, 0.25) is 0 Å². The molecule has 0 spiro atoms. The minimum atomic E-state index is -1.42. The van der Waals surface area contributed by atoms with E-state index >= 15 is 0 Å². The fraction of sp³-hybridized carbons (Fsp3) is 0.368. The van der Waals surface area contributed by atoms with Crippen LogP contribution in [-0.4, -0.2) is 69.1 Å². The van der Waals surface area contributed by atoms with E-state index in [-0.39, 0.29) is 12.3 Å². The van der Waals surface area contributed by atoms with Crippen LogP contribution in [0.4, 0.5) is 5.69 Å². The zero-order valence-electron chi connectivity index (χ0n) is 17.2. The first-order chi connectivity index (χ1) is 13.8. The summed E-state index contributed by atoms with van der Waals surface area (Å²) >= 11 is 0. The van der Waals surface area contributed by atoms with Crippen LogP contribution in [0, 0.1) is 0 Å². The van der Waals surface area contributed by atoms with Crippen molar-refractivity contribution in [1.82, 2.24) is 5.32 Å². The van der Waals surface area contributed by atoms with Gasteiger partial charge in [0.15, 0.2) is 0 Å². The Bertz CT molecular complexity index is 776. The molecule has 0 aliphatic heterocycles. The minimum absolute atomic E-state index is 0.00102. The lowest BCUT2D eigenvalue weighted by Gasteiger charge is -2.22. The van der Waals surface area contributed by atoms with Gasteiger partial charge in [0, 0.05) is 37.3 Å². The molecule has 0 radical (unpaired) electrons. The summed E-state index contributed by atoms with van der Waals surface area (Å²) in [5.41, 5.74) is 15.9. The van der Waals surface area contributed by atoms with Crippen molar-refractivity contribution < 1.29 is 19.4 Å². The van der Waals surface area contributed by atoms with Crippen LogP contribution in [0.1, 0.15) is 12.5 Å². The molecule has 1 amide bonds. The molecule has 0 saturated carbocycles. The van der Waals surface area contributed by atoms with Crippen LogP contribution in [0.25, 0.3) is 0 Å². The molecular weight excluding hydrogens is 376 g/mol. The molecule has 0 aromatic heterocycles. The Morgan fingerprint density at radius 1 is 1.34 bits per heavy atom. The van der Waals surface area contributed by atoms with Crippen LogP contribution in [-0.2, 0) is 9.59 Å². The van der Waals surface area contributed by atoms with E-state index in [0.717, 1.165) is 0 Å². The fourth-order valence-electron chi connectivity index (χ4n) is 1.98. The molecule has 1 rings (SSSR count). The normalized spacial score (nSPS) is 13.9. The largest absolute Gasteiger partial charge is 0.487 e. The highest BCUT2D eigenvalue weighted by atomic mass is 16.5. The maximum Gasteiger partial charge on any atom is 0.270 e. The topological polar surface area (TPSA) is 178 Å². The summed E-state index contributed by atoms with van der Waals surface area (Å²) in [7, 11) is 4.55. The summed E-state index contributed by atoms with van der Waals surface area (Å²) in [4.78, 5) is 31.4. The molecule has 1 aromatic carbocycles. The summed E-state index contributed by atoms with van der Waals surface area (Å²) in [6.45, 7) is 0.960. The van der Waals surface area contributed by atoms with Gasteiger partial charge >= 0.3 is 0 Å². The van der Waals surface area contributed by atoms with Crippen LogP contribution in [0.3, 0.4) is 0 Å². The Morgan fingerprint density at radius 2 is 2.00 bits per heavy atom. The van der Waals surface area contributed by atoms with Gasteiger partial charge in [-0.05, 0) is 38.2 Å². The van der Waals surface area contributed by atoms with Crippen LogP contribution >= 0.6 is 0 Å². The lowest BCUT2D eigenvalue weighted by molar-refractivity contribution is -0.122. The molecule has 8 N–H and O–H groups in total. The van der Waals surface area contributed by atoms with Gasteiger partial charge in [0.05, 0.1) is 6.61 Å². The number of amides is 1. The zero-order chi connectivity index (χ0) is 22.4. The van der Waals surface area contributed by atoms with Gasteiger partial charge in [-0.25, -0.2) is 0 Å². The third-order valence-corrected chi connectivity index (χ3v) is 3.55. The lowest BCUT2D eigenvalue weighted by Crippen LogP contribution is -2.52. The summed E-state index contributed by atoms with van der Waals surface area (Å²) < 4.78 is 5.58. The Morgan fingerprint density at radius 3 is 2.52 bits per heavy atom. The number of nitrogens with two attached hydrogens (primary N) is 3. The maximum atomic E-state index is 12.5. The van der Waals surface area contributed by atoms with E-state index in [1.807, 2.05) is 0 Å². The molecule has 0 fully saturated rings. The first-order valence-corrected chi connectivity index (χ1v) is 8.64. The van der Waals surface area contributed by atoms with Gasteiger partial charge in [-0.3, -0.25) is 14.8 Å². The van der Waals surface area contributed by atoms with Crippen molar-refractivity contribution in [3.8, 4) is 5.75 Å². The number of ether oxygens (including phenoxy) is 1. The predicted octanol–water partition coefficient (Wildman–Crippen LogP) is -0.749. The number of rotatable bonds is 9. The van der Waals surface area contributed by atoms with E-state index in [9.17, 15) is 14.7 Å². The molecule has 29 heavy (non-hydrogen) atoms. The number of nitrogens with one attached hydrogen (secondary N) is 1. The molecule has 1 aromatic rings. The number of carbonyl (C=O) groups is 2. The molecule has 10 nitrogen and oxygen atoms in total. The Kier molecular flexibility index (Phi) is 11.6. The monoisotopic (exact) mass is 406 g/mol. The number of nitrogens with zero attached hydrogens (tertiary/aromatic N) is 2. The van der Waals surface area contributed by atoms with E-state index in [1.54, 1.807) is 37.5 Å². The Balaban J connectivity index is 0.00000379. The van der Waals surface area contributed by atoms with Gasteiger partial charge in [0.25, 0.3) is 5.91 Å². The van der Waals surface area contributed by atoms with Crippen LogP contribution < -0.4 is 27.3 Å². The summed E-state index contributed by atoms with van der Waals surface area (Å²) in [6.07, 6.45) is 3.61. The first-order valence-electron chi connectivity index (χ1n) is 8.64. The average Bonchev–Trinajstić information content (AvgIpc) is 2.74. The number of aldehydes is 1. The fourth-order valence-corrected chi connectivity index (χ4v) is 1.98. The van der Waals surface area contributed by atoms with E-state index in [0.29, 0.717) is 29.0 Å². The second-order valence-electron chi connectivity index (χ2n) is 5.91. The molecule has 10 heteroatoms. The number of allylic oxidation sites excluding steroid dienone is 1. The van der Waals surface area contributed by atoms with Crippen molar-refractivity contribution in [3.05, 3.63) is 35.5 Å². The van der Waals surface area contributed by atoms with Crippen molar-refractivity contribution in [2.24, 2.45) is 21.5 Å². The van der Waals surface area contributed by atoms with Gasteiger partial charge in [0.2, 0.25) is 0 Å². The number of aliphatic hydroxyl groups is 1. The zero-order valence-corrected chi connectivity index (χ0v) is 17.2. The molecule has 0 aliphatic rings. The Labute approximate surface area is 170 Å². The number of hydrogen-bond acceptors (Lipinski definition) is 9. The van der Waals surface area contributed by atoms with E-state index in [2.05, 4.69) is 21.0 Å². The van der Waals surface area contributed by atoms with Crippen molar-refractivity contribution in [2.45, 2.75) is 12.5 Å². The highest BCUT2D eigenvalue weighted by Gasteiger charge is 2.28. The molecule has 1 atom stereocenters. The SMILES string of the molecule is CN.CN=C/C=C(\N)COc1ccc(N)c(C(=NC)C(=O)NC(C)(C=O)CO)c1. The van der Waals surface area contributed by atoms with Crippen molar-refractivity contribution in [1.29, 1.82) is 0 Å². The average molecular weight is 406 g/mol. The standard InChI is InChI=1S/C18H25N5O4.CH5N/c1-18(10-24,11-25)23-17(26)16(22-3)14-8-13(4-5-15(14)20)27-9-12(19)6-7-21-2;1-2/h4-8,10,25H,9,11,19-20H2,1-3H3,(H,23,26);2H2,1H3/b12-6-,21-7?,22-16?;. The summed E-state index contributed by atoms with van der Waals surface area (Å²) in [5.74, 6) is -0.221.